The average molecular weight is 301 g/mol. The number of hydrogen-bond donors (Lipinski definition) is 1. The van der Waals surface area contributed by atoms with E-state index in [1.807, 2.05) is 12.1 Å². The van der Waals surface area contributed by atoms with E-state index in [0.717, 1.165) is 37.6 Å². The van der Waals surface area contributed by atoms with Crippen LogP contribution in [0.1, 0.15) is 31.9 Å². The number of benzene rings is 1. The fourth-order valence-electron chi connectivity index (χ4n) is 2.79. The molecule has 0 aliphatic carbocycles. The normalized spacial score (nSPS) is 20.2. The largest absolute Gasteiger partial charge is 0.314 e. The molecule has 1 unspecified atom stereocenters. The molecule has 0 amide bonds. The van der Waals surface area contributed by atoms with Crippen LogP contribution in [0.5, 0.6) is 0 Å². The van der Waals surface area contributed by atoms with Gasteiger partial charge in [-0.2, -0.15) is 0 Å². The maximum Gasteiger partial charge on any atom is 0.0468 e. The quantitative estimate of drug-likeness (QED) is 0.904. The van der Waals surface area contributed by atoms with Gasteiger partial charge in [0.25, 0.3) is 0 Å². The van der Waals surface area contributed by atoms with Crippen molar-refractivity contribution in [3.8, 4) is 0 Å². The third kappa shape index (κ3) is 3.63. The Morgan fingerprint density at radius 2 is 1.95 bits per heavy atom. The van der Waals surface area contributed by atoms with Crippen LogP contribution in [0.25, 0.3) is 0 Å². The molecule has 1 N–H and O–H groups in total. The van der Waals surface area contributed by atoms with E-state index in [-0.39, 0.29) is 0 Å². The Bertz CT molecular complexity index is 417. The highest BCUT2D eigenvalue weighted by Crippen LogP contribution is 2.36. The summed E-state index contributed by atoms with van der Waals surface area (Å²) in [5, 5.41) is 4.90. The third-order valence-electron chi connectivity index (χ3n) is 4.01. The average Bonchev–Trinajstić information content (AvgIpc) is 2.42. The van der Waals surface area contributed by atoms with Crippen LogP contribution in [0, 0.1) is 5.92 Å². The van der Waals surface area contributed by atoms with Gasteiger partial charge in [0.2, 0.25) is 0 Å². The lowest BCUT2D eigenvalue weighted by molar-refractivity contribution is 0.128. The minimum Gasteiger partial charge on any atom is -0.314 e. The fraction of sp³-hybridized carbons (Fsp3) is 0.600. The van der Waals surface area contributed by atoms with Gasteiger partial charge < -0.3 is 5.32 Å². The molecule has 106 valence electrons. The summed E-state index contributed by atoms with van der Waals surface area (Å²) in [7, 11) is 0. The van der Waals surface area contributed by atoms with E-state index < -0.39 is 0 Å². The molecule has 1 heterocycles. The molecule has 2 atom stereocenters. The summed E-state index contributed by atoms with van der Waals surface area (Å²) in [6, 6.07) is 6.27. The molecule has 1 aromatic carbocycles. The highest BCUT2D eigenvalue weighted by molar-refractivity contribution is 6.35. The zero-order chi connectivity index (χ0) is 13.8. The van der Waals surface area contributed by atoms with Crippen molar-refractivity contribution in [2.24, 2.45) is 5.92 Å². The van der Waals surface area contributed by atoms with Crippen molar-refractivity contribution in [2.75, 3.05) is 26.2 Å². The van der Waals surface area contributed by atoms with E-state index in [1.54, 1.807) is 0 Å². The molecule has 1 fully saturated rings. The van der Waals surface area contributed by atoms with Crippen LogP contribution in [0.15, 0.2) is 18.2 Å². The molecule has 0 aromatic heterocycles. The maximum absolute atomic E-state index is 6.42. The van der Waals surface area contributed by atoms with Crippen molar-refractivity contribution in [1.29, 1.82) is 0 Å². The highest BCUT2D eigenvalue weighted by atomic mass is 35.5. The monoisotopic (exact) mass is 300 g/mol. The predicted octanol–water partition coefficient (Wildman–Crippen LogP) is 3.99. The summed E-state index contributed by atoms with van der Waals surface area (Å²) in [6.45, 7) is 8.81. The smallest absolute Gasteiger partial charge is 0.0468 e. The second kappa shape index (κ2) is 6.94. The standard InChI is InChI=1S/C15H22Cl2N2/c1-3-11(2)15(19-8-6-18-7-9-19)13-5-4-12(16)10-14(13)17/h4-5,10-11,15,18H,3,6-9H2,1-2H3/t11?,15-/m1/s1. The second-order valence-corrected chi connectivity index (χ2v) is 6.13. The van der Waals surface area contributed by atoms with Crippen molar-refractivity contribution in [1.82, 2.24) is 10.2 Å². The molecule has 2 nitrogen and oxygen atoms in total. The van der Waals surface area contributed by atoms with E-state index in [2.05, 4.69) is 30.1 Å². The topological polar surface area (TPSA) is 15.3 Å². The van der Waals surface area contributed by atoms with Gasteiger partial charge in [-0.3, -0.25) is 4.90 Å². The van der Waals surface area contributed by atoms with E-state index in [0.29, 0.717) is 17.0 Å². The van der Waals surface area contributed by atoms with Gasteiger partial charge in [0, 0.05) is 42.3 Å². The second-order valence-electron chi connectivity index (χ2n) is 5.28. The Hall–Kier alpha value is -0.280. The van der Waals surface area contributed by atoms with Gasteiger partial charge in [-0.15, -0.1) is 0 Å². The lowest BCUT2D eigenvalue weighted by atomic mass is 9.90. The first-order chi connectivity index (χ1) is 9.13. The van der Waals surface area contributed by atoms with Gasteiger partial charge >= 0.3 is 0 Å². The van der Waals surface area contributed by atoms with Gasteiger partial charge in [0.1, 0.15) is 0 Å². The molecular weight excluding hydrogens is 279 g/mol. The van der Waals surface area contributed by atoms with Gasteiger partial charge in [-0.1, -0.05) is 49.5 Å². The molecule has 0 bridgehead atoms. The van der Waals surface area contributed by atoms with Crippen molar-refractivity contribution in [3.05, 3.63) is 33.8 Å². The van der Waals surface area contributed by atoms with Crippen molar-refractivity contribution in [2.45, 2.75) is 26.3 Å². The Morgan fingerprint density at radius 1 is 1.26 bits per heavy atom. The van der Waals surface area contributed by atoms with Gasteiger partial charge in [0.05, 0.1) is 0 Å². The van der Waals surface area contributed by atoms with Gasteiger partial charge in [-0.25, -0.2) is 0 Å². The summed E-state index contributed by atoms with van der Waals surface area (Å²) in [4.78, 5) is 2.54. The number of piperazine rings is 1. The Morgan fingerprint density at radius 3 is 2.53 bits per heavy atom. The minimum atomic E-state index is 0.386. The van der Waals surface area contributed by atoms with Crippen LogP contribution in [0.3, 0.4) is 0 Å². The molecule has 1 aromatic rings. The van der Waals surface area contributed by atoms with Crippen LogP contribution in [-0.2, 0) is 0 Å². The molecule has 1 aliphatic heterocycles. The number of rotatable bonds is 4. The Balaban J connectivity index is 2.30. The summed E-state index contributed by atoms with van der Waals surface area (Å²) < 4.78 is 0. The lowest BCUT2D eigenvalue weighted by Gasteiger charge is -2.38. The molecule has 0 radical (unpaired) electrons. The number of hydrogen-bond acceptors (Lipinski definition) is 2. The van der Waals surface area contributed by atoms with Crippen molar-refractivity contribution in [3.63, 3.8) is 0 Å². The summed E-state index contributed by atoms with van der Waals surface area (Å²) in [5.74, 6) is 0.580. The summed E-state index contributed by atoms with van der Waals surface area (Å²) >= 11 is 12.4. The minimum absolute atomic E-state index is 0.386. The zero-order valence-corrected chi connectivity index (χ0v) is 13.1. The molecule has 0 saturated carbocycles. The number of nitrogens with zero attached hydrogens (tertiary/aromatic N) is 1. The van der Waals surface area contributed by atoms with Crippen LogP contribution < -0.4 is 5.32 Å². The molecule has 1 aliphatic rings. The molecule has 4 heteroatoms. The van der Waals surface area contributed by atoms with E-state index >= 15 is 0 Å². The van der Waals surface area contributed by atoms with Crippen LogP contribution >= 0.6 is 23.2 Å². The maximum atomic E-state index is 6.42. The molecule has 19 heavy (non-hydrogen) atoms. The molecule has 2 rings (SSSR count). The van der Waals surface area contributed by atoms with Crippen LogP contribution in [-0.4, -0.2) is 31.1 Å². The molecule has 0 spiro atoms. The van der Waals surface area contributed by atoms with Crippen LogP contribution in [0.2, 0.25) is 10.0 Å². The predicted molar refractivity (Wildman–Crippen MR) is 83.1 cm³/mol. The fourth-order valence-corrected chi connectivity index (χ4v) is 3.31. The van der Waals surface area contributed by atoms with E-state index in [4.69, 9.17) is 23.2 Å². The first kappa shape index (κ1) is 15.1. The van der Waals surface area contributed by atoms with Gasteiger partial charge in [0.15, 0.2) is 0 Å². The first-order valence-corrected chi connectivity index (χ1v) is 7.78. The van der Waals surface area contributed by atoms with E-state index in [1.165, 1.54) is 5.56 Å². The van der Waals surface area contributed by atoms with Gasteiger partial charge in [-0.05, 0) is 23.6 Å². The van der Waals surface area contributed by atoms with Crippen molar-refractivity contribution < 1.29 is 0 Å². The zero-order valence-electron chi connectivity index (χ0n) is 11.6. The SMILES string of the molecule is CCC(C)[C@H](c1ccc(Cl)cc1Cl)N1CCNCC1. The summed E-state index contributed by atoms with van der Waals surface area (Å²) in [5.41, 5.74) is 1.21. The van der Waals surface area contributed by atoms with Crippen molar-refractivity contribution >= 4 is 23.2 Å². The summed E-state index contributed by atoms with van der Waals surface area (Å²) in [6.07, 6.45) is 1.15. The van der Waals surface area contributed by atoms with Crippen LogP contribution in [0.4, 0.5) is 0 Å². The molecular formula is C15H22Cl2N2. The highest BCUT2D eigenvalue weighted by Gasteiger charge is 2.27. The Labute approximate surface area is 126 Å². The Kier molecular flexibility index (Phi) is 5.52. The first-order valence-electron chi connectivity index (χ1n) is 7.03. The lowest BCUT2D eigenvalue weighted by Crippen LogP contribution is -2.46. The number of nitrogens with one attached hydrogen (secondary N) is 1. The molecule has 1 saturated heterocycles. The third-order valence-corrected chi connectivity index (χ3v) is 4.57. The number of halogens is 2. The van der Waals surface area contributed by atoms with E-state index in [9.17, 15) is 0 Å².